The summed E-state index contributed by atoms with van der Waals surface area (Å²) in [6.45, 7) is 2.67. The predicted molar refractivity (Wildman–Crippen MR) is 54.2 cm³/mol. The van der Waals surface area contributed by atoms with Gasteiger partial charge in [-0.3, -0.25) is 0 Å². The highest BCUT2D eigenvalue weighted by Gasteiger charge is 2.09. The Labute approximate surface area is 82.3 Å². The van der Waals surface area contributed by atoms with Crippen molar-refractivity contribution in [3.63, 3.8) is 0 Å². The summed E-state index contributed by atoms with van der Waals surface area (Å²) in [7, 11) is 1.31. The van der Waals surface area contributed by atoms with Crippen LogP contribution in [-0.2, 0) is 4.74 Å². The number of nitrogens with two attached hydrogens (primary N) is 1. The maximum Gasteiger partial charge on any atom is 0.356 e. The van der Waals surface area contributed by atoms with Crippen LogP contribution in [0.2, 0.25) is 0 Å². The van der Waals surface area contributed by atoms with E-state index in [0.717, 1.165) is 6.54 Å². The van der Waals surface area contributed by atoms with Gasteiger partial charge in [0, 0.05) is 6.54 Å². The Bertz CT molecular complexity index is 339. The van der Waals surface area contributed by atoms with Crippen LogP contribution >= 0.6 is 0 Å². The molecule has 14 heavy (non-hydrogen) atoms. The number of anilines is 2. The topological polar surface area (TPSA) is 77.2 Å². The Morgan fingerprint density at radius 2 is 2.43 bits per heavy atom. The molecule has 0 saturated heterocycles. The van der Waals surface area contributed by atoms with Crippen LogP contribution in [0.25, 0.3) is 0 Å². The zero-order chi connectivity index (χ0) is 10.6. The molecule has 1 rings (SSSR count). The number of aromatic nitrogens is 1. The summed E-state index contributed by atoms with van der Waals surface area (Å²) < 4.78 is 4.54. The lowest BCUT2D eigenvalue weighted by Crippen LogP contribution is -2.08. The molecule has 0 aliphatic heterocycles. The fourth-order valence-corrected chi connectivity index (χ4v) is 1.03. The number of nitrogen functional groups attached to an aromatic ring is 1. The van der Waals surface area contributed by atoms with Crippen molar-refractivity contribution in [2.45, 2.75) is 6.92 Å². The summed E-state index contributed by atoms with van der Waals surface area (Å²) in [6, 6.07) is 1.57. The van der Waals surface area contributed by atoms with Crippen molar-refractivity contribution in [2.75, 3.05) is 24.7 Å². The van der Waals surface area contributed by atoms with E-state index in [0.29, 0.717) is 11.4 Å². The summed E-state index contributed by atoms with van der Waals surface area (Å²) in [4.78, 5) is 15.0. The van der Waals surface area contributed by atoms with E-state index in [4.69, 9.17) is 5.73 Å². The van der Waals surface area contributed by atoms with Crippen molar-refractivity contribution in [1.82, 2.24) is 4.98 Å². The van der Waals surface area contributed by atoms with Crippen molar-refractivity contribution in [3.05, 3.63) is 18.0 Å². The molecule has 0 bridgehead atoms. The first-order valence-electron chi connectivity index (χ1n) is 4.26. The zero-order valence-corrected chi connectivity index (χ0v) is 8.20. The lowest BCUT2D eigenvalue weighted by Gasteiger charge is -2.07. The molecule has 0 fully saturated rings. The number of esters is 1. The van der Waals surface area contributed by atoms with E-state index in [-0.39, 0.29) is 5.69 Å². The largest absolute Gasteiger partial charge is 0.464 e. The van der Waals surface area contributed by atoms with Gasteiger partial charge in [0.05, 0.1) is 24.7 Å². The first kappa shape index (κ1) is 10.3. The molecule has 1 heterocycles. The van der Waals surface area contributed by atoms with Crippen LogP contribution in [0.5, 0.6) is 0 Å². The number of carbonyl (C=O) groups is 1. The van der Waals surface area contributed by atoms with Crippen molar-refractivity contribution in [3.8, 4) is 0 Å². The highest BCUT2D eigenvalue weighted by atomic mass is 16.5. The Hall–Kier alpha value is -1.78. The van der Waals surface area contributed by atoms with Crippen molar-refractivity contribution in [1.29, 1.82) is 0 Å². The van der Waals surface area contributed by atoms with E-state index in [1.807, 2.05) is 6.92 Å². The molecular formula is C9H13N3O2. The predicted octanol–water partition coefficient (Wildman–Crippen LogP) is 0.882. The third kappa shape index (κ3) is 2.12. The third-order valence-corrected chi connectivity index (χ3v) is 1.70. The molecule has 0 aliphatic rings. The van der Waals surface area contributed by atoms with Crippen LogP contribution in [0.4, 0.5) is 11.4 Å². The SMILES string of the molecule is CCNc1cc(C(=O)OC)ncc1N. The van der Waals surface area contributed by atoms with Gasteiger partial charge in [-0.1, -0.05) is 0 Å². The van der Waals surface area contributed by atoms with Crippen molar-refractivity contribution >= 4 is 17.3 Å². The normalized spacial score (nSPS) is 9.57. The van der Waals surface area contributed by atoms with Gasteiger partial charge < -0.3 is 15.8 Å². The van der Waals surface area contributed by atoms with E-state index in [9.17, 15) is 4.79 Å². The van der Waals surface area contributed by atoms with Gasteiger partial charge in [-0.05, 0) is 13.0 Å². The van der Waals surface area contributed by atoms with Crippen LogP contribution in [0, 0.1) is 0 Å². The summed E-state index contributed by atoms with van der Waals surface area (Å²) in [5, 5.41) is 3.02. The lowest BCUT2D eigenvalue weighted by molar-refractivity contribution is 0.0594. The summed E-state index contributed by atoms with van der Waals surface area (Å²) in [6.07, 6.45) is 1.43. The van der Waals surface area contributed by atoms with Crippen LogP contribution in [-0.4, -0.2) is 24.6 Å². The molecule has 76 valence electrons. The molecule has 3 N–H and O–H groups in total. The van der Waals surface area contributed by atoms with Gasteiger partial charge in [0.25, 0.3) is 0 Å². The maximum atomic E-state index is 11.1. The number of methoxy groups -OCH3 is 1. The van der Waals surface area contributed by atoms with Gasteiger partial charge in [0.15, 0.2) is 5.69 Å². The van der Waals surface area contributed by atoms with E-state index in [1.165, 1.54) is 13.3 Å². The third-order valence-electron chi connectivity index (χ3n) is 1.70. The monoisotopic (exact) mass is 195 g/mol. The zero-order valence-electron chi connectivity index (χ0n) is 8.20. The van der Waals surface area contributed by atoms with E-state index in [2.05, 4.69) is 15.0 Å². The molecule has 1 aromatic rings. The summed E-state index contributed by atoms with van der Waals surface area (Å²) >= 11 is 0. The van der Waals surface area contributed by atoms with Crippen LogP contribution in [0.1, 0.15) is 17.4 Å². The highest BCUT2D eigenvalue weighted by molar-refractivity contribution is 5.89. The van der Waals surface area contributed by atoms with Gasteiger partial charge in [0.1, 0.15) is 0 Å². The average Bonchev–Trinajstić information content (AvgIpc) is 2.20. The van der Waals surface area contributed by atoms with Gasteiger partial charge in [-0.25, -0.2) is 9.78 Å². The first-order valence-corrected chi connectivity index (χ1v) is 4.26. The molecule has 0 unspecified atom stereocenters. The molecule has 0 atom stereocenters. The Morgan fingerprint density at radius 3 is 3.00 bits per heavy atom. The quantitative estimate of drug-likeness (QED) is 0.700. The Kier molecular flexibility index (Phi) is 3.28. The number of nitrogens with one attached hydrogen (secondary N) is 1. The molecule has 0 aromatic carbocycles. The molecule has 0 amide bonds. The van der Waals surface area contributed by atoms with E-state index >= 15 is 0 Å². The minimum Gasteiger partial charge on any atom is -0.464 e. The molecule has 0 radical (unpaired) electrons. The Balaban J connectivity index is 2.99. The molecule has 0 saturated carbocycles. The minimum atomic E-state index is -0.468. The molecule has 1 aromatic heterocycles. The summed E-state index contributed by atoms with van der Waals surface area (Å²) in [5.41, 5.74) is 7.10. The minimum absolute atomic E-state index is 0.248. The smallest absolute Gasteiger partial charge is 0.356 e. The number of pyridine rings is 1. The standard InChI is InChI=1S/C9H13N3O2/c1-3-11-7-4-8(9(13)14-2)12-5-6(7)10/h4-5H,3,10H2,1-2H3,(H,11,12). The second kappa shape index (κ2) is 4.45. The van der Waals surface area contributed by atoms with Crippen LogP contribution < -0.4 is 11.1 Å². The second-order valence-electron chi connectivity index (χ2n) is 2.68. The van der Waals surface area contributed by atoms with Gasteiger partial charge in [-0.15, -0.1) is 0 Å². The number of hydrogen-bond acceptors (Lipinski definition) is 5. The van der Waals surface area contributed by atoms with Crippen LogP contribution in [0.3, 0.4) is 0 Å². The fraction of sp³-hybridized carbons (Fsp3) is 0.333. The Morgan fingerprint density at radius 1 is 1.71 bits per heavy atom. The molecule has 5 nitrogen and oxygen atoms in total. The maximum absolute atomic E-state index is 11.1. The van der Waals surface area contributed by atoms with E-state index in [1.54, 1.807) is 6.07 Å². The molecule has 0 spiro atoms. The number of nitrogens with zero attached hydrogens (tertiary/aromatic N) is 1. The lowest BCUT2D eigenvalue weighted by atomic mass is 10.3. The number of hydrogen-bond donors (Lipinski definition) is 2. The van der Waals surface area contributed by atoms with Crippen molar-refractivity contribution < 1.29 is 9.53 Å². The van der Waals surface area contributed by atoms with Crippen molar-refractivity contribution in [2.24, 2.45) is 0 Å². The number of carbonyl (C=O) groups excluding carboxylic acids is 1. The summed E-state index contributed by atoms with van der Waals surface area (Å²) in [5.74, 6) is -0.468. The van der Waals surface area contributed by atoms with Crippen LogP contribution in [0.15, 0.2) is 12.3 Å². The molecule has 0 aliphatic carbocycles. The number of rotatable bonds is 3. The van der Waals surface area contributed by atoms with Gasteiger partial charge in [-0.2, -0.15) is 0 Å². The molecular weight excluding hydrogens is 182 g/mol. The highest BCUT2D eigenvalue weighted by Crippen LogP contribution is 2.17. The number of ether oxygens (including phenoxy) is 1. The first-order chi connectivity index (χ1) is 6.69. The molecule has 5 heteroatoms. The van der Waals surface area contributed by atoms with E-state index < -0.39 is 5.97 Å². The average molecular weight is 195 g/mol. The second-order valence-corrected chi connectivity index (χ2v) is 2.68. The fourth-order valence-electron chi connectivity index (χ4n) is 1.03. The van der Waals surface area contributed by atoms with Gasteiger partial charge in [0.2, 0.25) is 0 Å². The van der Waals surface area contributed by atoms with Gasteiger partial charge >= 0.3 is 5.97 Å².